The van der Waals surface area contributed by atoms with Gasteiger partial charge in [0.25, 0.3) is 0 Å². The van der Waals surface area contributed by atoms with E-state index < -0.39 is 0 Å². The third-order valence-corrected chi connectivity index (χ3v) is 5.19. The molecule has 182 valence electrons. The van der Waals surface area contributed by atoms with Crippen molar-refractivity contribution in [1.82, 2.24) is 0 Å². The fraction of sp³-hybridized carbons (Fsp3) is 0.500. The zero-order valence-electron chi connectivity index (χ0n) is 19.6. The van der Waals surface area contributed by atoms with Crippen LogP contribution in [0.3, 0.4) is 0 Å². The van der Waals surface area contributed by atoms with Crippen LogP contribution in [0.2, 0.25) is 0 Å². The number of aromatic hydroxyl groups is 1. The lowest BCUT2D eigenvalue weighted by molar-refractivity contribution is 0.143. The van der Waals surface area contributed by atoms with Gasteiger partial charge in [-0.3, -0.25) is 0 Å². The number of hydrogen-bond donors (Lipinski definition) is 1. The molecule has 1 saturated heterocycles. The van der Waals surface area contributed by atoms with E-state index in [4.69, 9.17) is 28.4 Å². The lowest BCUT2D eigenvalue weighted by atomic mass is 10.2. The van der Waals surface area contributed by atoms with Gasteiger partial charge in [-0.15, -0.1) is 0 Å². The summed E-state index contributed by atoms with van der Waals surface area (Å²) in [5, 5.41) is 10.6. The van der Waals surface area contributed by atoms with E-state index in [2.05, 4.69) is 9.80 Å². The SMILES string of the molecule is COCCOc1cccc(O)c1N1CCN(c2c(OCCOC)cccc2OCCOC)C1. The molecule has 0 aromatic heterocycles. The summed E-state index contributed by atoms with van der Waals surface area (Å²) in [5.41, 5.74) is 1.53. The van der Waals surface area contributed by atoms with Crippen molar-refractivity contribution in [1.29, 1.82) is 0 Å². The third-order valence-electron chi connectivity index (χ3n) is 5.19. The molecule has 33 heavy (non-hydrogen) atoms. The van der Waals surface area contributed by atoms with Crippen LogP contribution in [0.15, 0.2) is 36.4 Å². The van der Waals surface area contributed by atoms with Crippen molar-refractivity contribution in [2.45, 2.75) is 0 Å². The molecule has 3 rings (SSSR count). The second-order valence-corrected chi connectivity index (χ2v) is 7.42. The number of ether oxygens (including phenoxy) is 6. The van der Waals surface area contributed by atoms with Gasteiger partial charge in [-0.05, 0) is 24.3 Å². The van der Waals surface area contributed by atoms with Crippen LogP contribution in [0.5, 0.6) is 23.0 Å². The standard InChI is InChI=1S/C24H34N2O7/c1-28-12-15-31-20-7-4-6-19(27)23(20)25-10-11-26(18-25)24-21(32-16-13-29-2)8-5-9-22(24)33-17-14-30-3/h4-9,27H,10-18H2,1-3H3. The number of phenols is 1. The van der Waals surface area contributed by atoms with Gasteiger partial charge < -0.3 is 43.3 Å². The van der Waals surface area contributed by atoms with Crippen molar-refractivity contribution < 1.29 is 33.5 Å². The molecule has 1 fully saturated rings. The lowest BCUT2D eigenvalue weighted by Gasteiger charge is -2.26. The molecule has 1 N–H and O–H groups in total. The van der Waals surface area contributed by atoms with Gasteiger partial charge in [-0.1, -0.05) is 12.1 Å². The Balaban J connectivity index is 1.83. The number of nitrogens with zero attached hydrogens (tertiary/aromatic N) is 2. The summed E-state index contributed by atoms with van der Waals surface area (Å²) in [5.74, 6) is 2.23. The molecule has 1 aliphatic rings. The first-order valence-corrected chi connectivity index (χ1v) is 11.0. The third kappa shape index (κ3) is 6.56. The first-order valence-electron chi connectivity index (χ1n) is 11.0. The molecule has 0 atom stereocenters. The predicted molar refractivity (Wildman–Crippen MR) is 126 cm³/mol. The zero-order chi connectivity index (χ0) is 23.5. The second-order valence-electron chi connectivity index (χ2n) is 7.42. The molecule has 0 unspecified atom stereocenters. The Morgan fingerprint density at radius 1 is 0.636 bits per heavy atom. The predicted octanol–water partition coefficient (Wildman–Crippen LogP) is 2.75. The van der Waals surface area contributed by atoms with Crippen LogP contribution in [-0.2, 0) is 14.2 Å². The summed E-state index contributed by atoms with van der Waals surface area (Å²) in [6.45, 7) is 4.65. The van der Waals surface area contributed by atoms with E-state index in [1.54, 1.807) is 33.5 Å². The van der Waals surface area contributed by atoms with Gasteiger partial charge in [0.2, 0.25) is 0 Å². The van der Waals surface area contributed by atoms with Gasteiger partial charge in [0, 0.05) is 34.4 Å². The van der Waals surface area contributed by atoms with Crippen LogP contribution >= 0.6 is 0 Å². The smallest absolute Gasteiger partial charge is 0.146 e. The first-order chi connectivity index (χ1) is 16.2. The Hall–Kier alpha value is -2.88. The fourth-order valence-corrected chi connectivity index (χ4v) is 3.65. The van der Waals surface area contributed by atoms with Gasteiger partial charge in [0.05, 0.1) is 26.5 Å². The molecule has 1 heterocycles. The number of benzene rings is 2. The Labute approximate surface area is 195 Å². The highest BCUT2D eigenvalue weighted by Crippen LogP contribution is 2.43. The van der Waals surface area contributed by atoms with E-state index in [0.29, 0.717) is 64.3 Å². The number of rotatable bonds is 14. The average Bonchev–Trinajstić information content (AvgIpc) is 3.29. The molecular formula is C24H34N2O7. The fourth-order valence-electron chi connectivity index (χ4n) is 3.65. The van der Waals surface area contributed by atoms with Gasteiger partial charge >= 0.3 is 0 Å². The maximum absolute atomic E-state index is 10.6. The van der Waals surface area contributed by atoms with E-state index in [1.165, 1.54) is 0 Å². The van der Waals surface area contributed by atoms with Crippen molar-refractivity contribution in [3.63, 3.8) is 0 Å². The van der Waals surface area contributed by atoms with Crippen molar-refractivity contribution in [2.24, 2.45) is 0 Å². The summed E-state index contributed by atoms with van der Waals surface area (Å²) >= 11 is 0. The highest BCUT2D eigenvalue weighted by Gasteiger charge is 2.29. The van der Waals surface area contributed by atoms with Crippen LogP contribution in [0.4, 0.5) is 11.4 Å². The van der Waals surface area contributed by atoms with Crippen LogP contribution < -0.4 is 24.0 Å². The molecule has 1 aliphatic heterocycles. The Bertz CT molecular complexity index is 836. The van der Waals surface area contributed by atoms with Crippen LogP contribution in [0, 0.1) is 0 Å². The highest BCUT2D eigenvalue weighted by atomic mass is 16.5. The zero-order valence-corrected chi connectivity index (χ0v) is 19.6. The maximum Gasteiger partial charge on any atom is 0.146 e. The van der Waals surface area contributed by atoms with Crippen molar-refractivity contribution in [2.75, 3.05) is 90.5 Å². The van der Waals surface area contributed by atoms with Crippen molar-refractivity contribution in [3.05, 3.63) is 36.4 Å². The van der Waals surface area contributed by atoms with Crippen LogP contribution in [0.25, 0.3) is 0 Å². The average molecular weight is 463 g/mol. The number of phenolic OH excluding ortho intramolecular Hbond substituents is 1. The minimum Gasteiger partial charge on any atom is -0.506 e. The molecule has 0 radical (unpaired) electrons. The molecule has 0 saturated carbocycles. The molecule has 0 aliphatic carbocycles. The minimum absolute atomic E-state index is 0.174. The largest absolute Gasteiger partial charge is 0.506 e. The molecular weight excluding hydrogens is 428 g/mol. The monoisotopic (exact) mass is 462 g/mol. The van der Waals surface area contributed by atoms with Gasteiger partial charge in [-0.2, -0.15) is 0 Å². The summed E-state index contributed by atoms with van der Waals surface area (Å²) in [6.07, 6.45) is 0. The molecule has 9 nitrogen and oxygen atoms in total. The normalized spacial score (nSPS) is 13.4. The molecule has 9 heteroatoms. The molecule has 2 aromatic carbocycles. The maximum atomic E-state index is 10.6. The molecule has 0 bridgehead atoms. The highest BCUT2D eigenvalue weighted by molar-refractivity contribution is 5.73. The summed E-state index contributed by atoms with van der Waals surface area (Å²) in [6, 6.07) is 11.1. The Morgan fingerprint density at radius 3 is 1.55 bits per heavy atom. The summed E-state index contributed by atoms with van der Waals surface area (Å²) in [4.78, 5) is 4.26. The van der Waals surface area contributed by atoms with Gasteiger partial charge in [-0.25, -0.2) is 0 Å². The van der Waals surface area contributed by atoms with E-state index in [1.807, 2.05) is 24.3 Å². The van der Waals surface area contributed by atoms with Gasteiger partial charge in [0.1, 0.15) is 54.2 Å². The Kier molecular flexibility index (Phi) is 9.74. The van der Waals surface area contributed by atoms with E-state index >= 15 is 0 Å². The quantitative estimate of drug-likeness (QED) is 0.426. The van der Waals surface area contributed by atoms with E-state index in [0.717, 1.165) is 23.7 Å². The number of hydrogen-bond acceptors (Lipinski definition) is 9. The van der Waals surface area contributed by atoms with Crippen molar-refractivity contribution >= 4 is 11.4 Å². The van der Waals surface area contributed by atoms with Crippen LogP contribution in [-0.4, -0.2) is 85.8 Å². The molecule has 0 amide bonds. The molecule has 2 aromatic rings. The molecule has 0 spiro atoms. The van der Waals surface area contributed by atoms with Crippen molar-refractivity contribution in [3.8, 4) is 23.0 Å². The van der Waals surface area contributed by atoms with E-state index in [-0.39, 0.29) is 5.75 Å². The van der Waals surface area contributed by atoms with Gasteiger partial charge in [0.15, 0.2) is 0 Å². The second kappa shape index (κ2) is 13.0. The number of para-hydroxylation sites is 2. The summed E-state index contributed by atoms with van der Waals surface area (Å²) < 4.78 is 33.2. The number of anilines is 2. The van der Waals surface area contributed by atoms with Crippen LogP contribution in [0.1, 0.15) is 0 Å². The topological polar surface area (TPSA) is 82.1 Å². The first kappa shape index (κ1) is 24.8. The minimum atomic E-state index is 0.174. The lowest BCUT2D eigenvalue weighted by Crippen LogP contribution is -2.26. The number of methoxy groups -OCH3 is 3. The van der Waals surface area contributed by atoms with E-state index in [9.17, 15) is 5.11 Å². The Morgan fingerprint density at radius 2 is 1.06 bits per heavy atom. The summed E-state index contributed by atoms with van der Waals surface area (Å²) in [7, 11) is 4.92.